The Labute approximate surface area is 119 Å². The Morgan fingerprint density at radius 2 is 2.14 bits per heavy atom. The van der Waals surface area contributed by atoms with Crippen LogP contribution in [0.3, 0.4) is 0 Å². The molecule has 21 heavy (non-hydrogen) atoms. The van der Waals surface area contributed by atoms with Crippen molar-refractivity contribution in [2.45, 2.75) is 13.5 Å². The number of aromatic amines is 1. The van der Waals surface area contributed by atoms with Crippen molar-refractivity contribution in [1.29, 1.82) is 0 Å². The van der Waals surface area contributed by atoms with Gasteiger partial charge in [-0.2, -0.15) is 0 Å². The summed E-state index contributed by atoms with van der Waals surface area (Å²) in [6.45, 7) is 1.36. The second kappa shape index (κ2) is 5.24. The number of esters is 1. The molecule has 1 N–H and O–H groups in total. The van der Waals surface area contributed by atoms with Crippen molar-refractivity contribution >= 4 is 22.9 Å². The minimum atomic E-state index is -0.565. The van der Waals surface area contributed by atoms with E-state index in [1.165, 1.54) is 19.2 Å². The second-order valence-electron chi connectivity index (χ2n) is 4.51. The lowest BCUT2D eigenvalue weighted by Gasteiger charge is -1.99. The van der Waals surface area contributed by atoms with Gasteiger partial charge < -0.3 is 14.1 Å². The zero-order valence-electron chi connectivity index (χ0n) is 11.3. The molecule has 0 aliphatic heterocycles. The van der Waals surface area contributed by atoms with Gasteiger partial charge in [-0.15, -0.1) is 0 Å². The Balaban J connectivity index is 1.68. The first-order valence-corrected chi connectivity index (χ1v) is 6.34. The largest absolute Gasteiger partial charge is 0.451 e. The summed E-state index contributed by atoms with van der Waals surface area (Å²) in [5.41, 5.74) is 2.00. The number of benzene rings is 1. The van der Waals surface area contributed by atoms with E-state index in [2.05, 4.69) is 9.97 Å². The molecule has 2 heterocycles. The smallest absolute Gasteiger partial charge is 0.355 e. The molecule has 0 atom stereocenters. The summed E-state index contributed by atoms with van der Waals surface area (Å²) in [5.74, 6) is -0.364. The van der Waals surface area contributed by atoms with E-state index in [0.29, 0.717) is 22.6 Å². The molecular weight excluding hydrogens is 272 g/mol. The molecule has 6 nitrogen and oxygen atoms in total. The third-order valence-corrected chi connectivity index (χ3v) is 2.97. The minimum Gasteiger partial charge on any atom is -0.451 e. The third kappa shape index (κ3) is 2.69. The van der Waals surface area contributed by atoms with E-state index >= 15 is 0 Å². The van der Waals surface area contributed by atoms with Gasteiger partial charge in [-0.25, -0.2) is 9.78 Å². The minimum absolute atomic E-state index is 0.0675. The van der Waals surface area contributed by atoms with Crippen molar-refractivity contribution < 1.29 is 18.7 Å². The van der Waals surface area contributed by atoms with Crippen molar-refractivity contribution in [2.24, 2.45) is 0 Å². The van der Waals surface area contributed by atoms with Crippen LogP contribution in [0.15, 0.2) is 40.9 Å². The van der Waals surface area contributed by atoms with Crippen LogP contribution in [0.5, 0.6) is 0 Å². The molecule has 0 unspecified atom stereocenters. The molecule has 0 fully saturated rings. The maximum absolute atomic E-state index is 11.8. The predicted octanol–water partition coefficient (Wildman–Crippen LogP) is 2.72. The normalized spacial score (nSPS) is 10.7. The van der Waals surface area contributed by atoms with Crippen molar-refractivity contribution in [1.82, 2.24) is 9.97 Å². The molecule has 106 valence electrons. The number of carbonyl (C=O) groups excluding carboxylic acids is 2. The average molecular weight is 284 g/mol. The SMILES string of the molecule is CC(=O)c1c[nH]c(C(=O)OCc2nc3ccccc3o2)c1. The Bertz CT molecular complexity index is 783. The molecule has 0 saturated carbocycles. The number of para-hydroxylation sites is 2. The Morgan fingerprint density at radius 3 is 2.86 bits per heavy atom. The highest BCUT2D eigenvalue weighted by atomic mass is 16.5. The number of fused-ring (bicyclic) bond motifs is 1. The Morgan fingerprint density at radius 1 is 1.33 bits per heavy atom. The summed E-state index contributed by atoms with van der Waals surface area (Å²) >= 11 is 0. The first-order valence-electron chi connectivity index (χ1n) is 6.34. The standard InChI is InChI=1S/C15H12N2O4/c1-9(18)10-6-12(16-7-10)15(19)20-8-14-17-11-4-2-3-5-13(11)21-14/h2-7,16H,8H2,1H3. The number of ether oxygens (including phenoxy) is 1. The third-order valence-electron chi connectivity index (χ3n) is 2.97. The number of carbonyl (C=O) groups is 2. The molecule has 0 bridgehead atoms. The van der Waals surface area contributed by atoms with E-state index in [0.717, 1.165) is 0 Å². The summed E-state index contributed by atoms with van der Waals surface area (Å²) in [4.78, 5) is 29.9. The van der Waals surface area contributed by atoms with Crippen LogP contribution in [0.4, 0.5) is 0 Å². The van der Waals surface area contributed by atoms with Gasteiger partial charge in [-0.3, -0.25) is 4.79 Å². The predicted molar refractivity (Wildman–Crippen MR) is 73.9 cm³/mol. The molecule has 0 radical (unpaired) electrons. The highest BCUT2D eigenvalue weighted by Gasteiger charge is 2.14. The molecule has 3 rings (SSSR count). The summed E-state index contributed by atoms with van der Waals surface area (Å²) in [5, 5.41) is 0. The van der Waals surface area contributed by atoms with Crippen LogP contribution in [0.25, 0.3) is 11.1 Å². The van der Waals surface area contributed by atoms with E-state index in [-0.39, 0.29) is 18.1 Å². The summed E-state index contributed by atoms with van der Waals surface area (Å²) in [6, 6.07) is 8.75. The molecule has 6 heteroatoms. The fraction of sp³-hybridized carbons (Fsp3) is 0.133. The van der Waals surface area contributed by atoms with Crippen LogP contribution in [0, 0.1) is 0 Å². The van der Waals surface area contributed by atoms with Gasteiger partial charge in [0.15, 0.2) is 18.0 Å². The lowest BCUT2D eigenvalue weighted by atomic mass is 10.2. The van der Waals surface area contributed by atoms with Crippen LogP contribution in [0.1, 0.15) is 33.7 Å². The molecule has 0 saturated heterocycles. The van der Waals surface area contributed by atoms with E-state index < -0.39 is 5.97 Å². The van der Waals surface area contributed by atoms with Crippen LogP contribution >= 0.6 is 0 Å². The molecule has 0 aliphatic rings. The zero-order valence-corrected chi connectivity index (χ0v) is 11.3. The fourth-order valence-electron chi connectivity index (χ4n) is 1.90. The quantitative estimate of drug-likeness (QED) is 0.588. The maximum atomic E-state index is 11.8. The van der Waals surface area contributed by atoms with Gasteiger partial charge in [0.2, 0.25) is 5.89 Å². The molecule has 0 aliphatic carbocycles. The van der Waals surface area contributed by atoms with Gasteiger partial charge in [-0.05, 0) is 25.1 Å². The topological polar surface area (TPSA) is 85.2 Å². The highest BCUT2D eigenvalue weighted by molar-refractivity contribution is 5.97. The number of hydrogen-bond acceptors (Lipinski definition) is 5. The van der Waals surface area contributed by atoms with E-state index in [1.54, 1.807) is 6.07 Å². The Kier molecular flexibility index (Phi) is 3.27. The zero-order chi connectivity index (χ0) is 14.8. The molecule has 0 amide bonds. The van der Waals surface area contributed by atoms with Gasteiger partial charge in [0.25, 0.3) is 0 Å². The van der Waals surface area contributed by atoms with E-state index in [1.807, 2.05) is 18.2 Å². The van der Waals surface area contributed by atoms with Crippen LogP contribution < -0.4 is 0 Å². The van der Waals surface area contributed by atoms with Crippen molar-refractivity contribution in [3.05, 3.63) is 53.7 Å². The molecule has 2 aromatic heterocycles. The van der Waals surface area contributed by atoms with E-state index in [9.17, 15) is 9.59 Å². The number of ketones is 1. The molecule has 1 aromatic carbocycles. The van der Waals surface area contributed by atoms with Crippen LogP contribution in [-0.4, -0.2) is 21.7 Å². The lowest BCUT2D eigenvalue weighted by Crippen LogP contribution is -2.05. The highest BCUT2D eigenvalue weighted by Crippen LogP contribution is 2.15. The van der Waals surface area contributed by atoms with Crippen molar-refractivity contribution in [3.63, 3.8) is 0 Å². The lowest BCUT2D eigenvalue weighted by molar-refractivity contribution is 0.0434. The van der Waals surface area contributed by atoms with Gasteiger partial charge in [0, 0.05) is 11.8 Å². The van der Waals surface area contributed by atoms with Crippen LogP contribution in [-0.2, 0) is 11.3 Å². The molecular formula is C15H12N2O4. The summed E-state index contributed by atoms with van der Waals surface area (Å²) in [7, 11) is 0. The van der Waals surface area contributed by atoms with Gasteiger partial charge in [0.05, 0.1) is 0 Å². The maximum Gasteiger partial charge on any atom is 0.355 e. The fourth-order valence-corrected chi connectivity index (χ4v) is 1.90. The molecule has 3 aromatic rings. The number of aromatic nitrogens is 2. The number of rotatable bonds is 4. The van der Waals surface area contributed by atoms with E-state index in [4.69, 9.17) is 9.15 Å². The first-order chi connectivity index (χ1) is 10.1. The van der Waals surface area contributed by atoms with Crippen molar-refractivity contribution in [2.75, 3.05) is 0 Å². The summed E-state index contributed by atoms with van der Waals surface area (Å²) in [6.07, 6.45) is 1.47. The first kappa shape index (κ1) is 13.1. The number of Topliss-reactive ketones (excluding diaryl/α,β-unsaturated/α-hetero) is 1. The summed E-state index contributed by atoms with van der Waals surface area (Å²) < 4.78 is 10.5. The van der Waals surface area contributed by atoms with Gasteiger partial charge >= 0.3 is 5.97 Å². The molecule has 0 spiro atoms. The number of oxazole rings is 1. The van der Waals surface area contributed by atoms with Gasteiger partial charge in [-0.1, -0.05) is 12.1 Å². The number of nitrogens with one attached hydrogen (secondary N) is 1. The average Bonchev–Trinajstić information content (AvgIpc) is 3.11. The second-order valence-corrected chi connectivity index (χ2v) is 4.51. The number of nitrogens with zero attached hydrogens (tertiary/aromatic N) is 1. The number of hydrogen-bond donors (Lipinski definition) is 1. The Hall–Kier alpha value is -2.89. The van der Waals surface area contributed by atoms with Crippen LogP contribution in [0.2, 0.25) is 0 Å². The monoisotopic (exact) mass is 284 g/mol. The van der Waals surface area contributed by atoms with Crippen molar-refractivity contribution in [3.8, 4) is 0 Å². The van der Waals surface area contributed by atoms with Gasteiger partial charge in [0.1, 0.15) is 11.2 Å². The number of H-pyrrole nitrogens is 1.